The number of hydrogen-bond donors (Lipinski definition) is 1. The minimum Gasteiger partial charge on any atom is -0.267 e. The maximum absolute atomic E-state index is 12.6. The topological polar surface area (TPSA) is 76.3 Å². The lowest BCUT2D eigenvalue weighted by Crippen LogP contribution is -2.28. The first-order chi connectivity index (χ1) is 13.0. The van der Waals surface area contributed by atoms with E-state index in [0.29, 0.717) is 23.2 Å². The number of carbonyl (C=O) groups is 1. The van der Waals surface area contributed by atoms with Gasteiger partial charge in [-0.15, -0.1) is 0 Å². The molecule has 0 saturated heterocycles. The van der Waals surface area contributed by atoms with Gasteiger partial charge in [0.2, 0.25) is 0 Å². The Labute approximate surface area is 157 Å². The van der Waals surface area contributed by atoms with E-state index in [1.165, 1.54) is 10.2 Å². The SMILES string of the molecule is CCn1nc(C(=O)N/N=C/c2ccc(C(C)C)cc2)c2ccccc2c1=O. The minimum absolute atomic E-state index is 0.180. The zero-order valence-corrected chi connectivity index (χ0v) is 15.6. The molecule has 27 heavy (non-hydrogen) atoms. The highest BCUT2D eigenvalue weighted by atomic mass is 16.2. The molecule has 0 atom stereocenters. The fourth-order valence-electron chi connectivity index (χ4n) is 2.80. The summed E-state index contributed by atoms with van der Waals surface area (Å²) in [5.74, 6) is 0.00717. The molecular formula is C21H22N4O2. The summed E-state index contributed by atoms with van der Waals surface area (Å²) in [5.41, 5.74) is 4.60. The van der Waals surface area contributed by atoms with Gasteiger partial charge in [0.1, 0.15) is 0 Å². The molecule has 1 aromatic heterocycles. The smallest absolute Gasteiger partial charge is 0.267 e. The lowest BCUT2D eigenvalue weighted by molar-refractivity contribution is 0.0949. The van der Waals surface area contributed by atoms with Crippen LogP contribution in [0.3, 0.4) is 0 Å². The van der Waals surface area contributed by atoms with Gasteiger partial charge < -0.3 is 0 Å². The summed E-state index contributed by atoms with van der Waals surface area (Å²) < 4.78 is 1.28. The molecule has 1 amide bonds. The van der Waals surface area contributed by atoms with Crippen LogP contribution < -0.4 is 11.0 Å². The summed E-state index contributed by atoms with van der Waals surface area (Å²) in [6.07, 6.45) is 1.58. The lowest BCUT2D eigenvalue weighted by atomic mass is 10.0. The molecule has 138 valence electrons. The van der Waals surface area contributed by atoms with E-state index in [4.69, 9.17) is 0 Å². The van der Waals surface area contributed by atoms with Gasteiger partial charge in [-0.05, 0) is 30.0 Å². The Bertz CT molecular complexity index is 1050. The molecule has 0 fully saturated rings. The van der Waals surface area contributed by atoms with Crippen molar-refractivity contribution in [2.75, 3.05) is 0 Å². The Morgan fingerprint density at radius 1 is 1.15 bits per heavy atom. The van der Waals surface area contributed by atoms with E-state index in [2.05, 4.69) is 29.5 Å². The molecule has 2 aromatic carbocycles. The van der Waals surface area contributed by atoms with Crippen molar-refractivity contribution in [3.05, 3.63) is 75.7 Å². The van der Waals surface area contributed by atoms with Gasteiger partial charge in [0, 0.05) is 11.9 Å². The first-order valence-corrected chi connectivity index (χ1v) is 8.94. The van der Waals surface area contributed by atoms with Crippen LogP contribution in [0.4, 0.5) is 0 Å². The Hall–Kier alpha value is -3.28. The molecule has 0 saturated carbocycles. The number of nitrogens with one attached hydrogen (secondary N) is 1. The van der Waals surface area contributed by atoms with Crippen LogP contribution in [0.25, 0.3) is 10.8 Å². The van der Waals surface area contributed by atoms with Crippen LogP contribution in [-0.4, -0.2) is 21.9 Å². The molecule has 0 unspecified atom stereocenters. The van der Waals surface area contributed by atoms with Crippen LogP contribution in [0.1, 0.15) is 48.3 Å². The van der Waals surface area contributed by atoms with Crippen LogP contribution in [0.5, 0.6) is 0 Å². The van der Waals surface area contributed by atoms with Crippen LogP contribution in [0.2, 0.25) is 0 Å². The molecule has 0 aliphatic heterocycles. The van der Waals surface area contributed by atoms with E-state index in [1.807, 2.05) is 31.2 Å². The van der Waals surface area contributed by atoms with Gasteiger partial charge in [0.15, 0.2) is 5.69 Å². The molecule has 3 rings (SSSR count). The standard InChI is InChI=1S/C21H22N4O2/c1-4-25-21(27)18-8-6-5-7-17(18)19(24-25)20(26)23-22-13-15-9-11-16(12-10-15)14(2)3/h5-14H,4H2,1-3H3,(H,23,26)/b22-13+. The molecule has 0 aliphatic carbocycles. The van der Waals surface area contributed by atoms with Crippen molar-refractivity contribution in [2.45, 2.75) is 33.2 Å². The van der Waals surface area contributed by atoms with Crippen LogP contribution >= 0.6 is 0 Å². The zero-order valence-electron chi connectivity index (χ0n) is 15.6. The second-order valence-electron chi connectivity index (χ2n) is 6.54. The number of hydrazone groups is 1. The van der Waals surface area contributed by atoms with Crippen LogP contribution in [0, 0.1) is 0 Å². The number of fused-ring (bicyclic) bond motifs is 1. The third-order valence-electron chi connectivity index (χ3n) is 4.37. The summed E-state index contributed by atoms with van der Waals surface area (Å²) in [6.45, 7) is 6.46. The molecule has 6 heteroatoms. The minimum atomic E-state index is -0.455. The van der Waals surface area contributed by atoms with E-state index in [1.54, 1.807) is 30.5 Å². The molecular weight excluding hydrogens is 340 g/mol. The van der Waals surface area contributed by atoms with Gasteiger partial charge in [-0.1, -0.05) is 56.3 Å². The summed E-state index contributed by atoms with van der Waals surface area (Å²) in [5, 5.41) is 9.20. The predicted octanol–water partition coefficient (Wildman–Crippen LogP) is 3.30. The van der Waals surface area contributed by atoms with E-state index < -0.39 is 5.91 Å². The fourth-order valence-corrected chi connectivity index (χ4v) is 2.80. The maximum Gasteiger partial charge on any atom is 0.292 e. The highest BCUT2D eigenvalue weighted by molar-refractivity contribution is 6.04. The van der Waals surface area contributed by atoms with Gasteiger partial charge in [0.05, 0.1) is 11.6 Å². The molecule has 6 nitrogen and oxygen atoms in total. The van der Waals surface area contributed by atoms with Crippen LogP contribution in [0.15, 0.2) is 58.4 Å². The Morgan fingerprint density at radius 3 is 2.44 bits per heavy atom. The van der Waals surface area contributed by atoms with Crippen molar-refractivity contribution >= 4 is 22.9 Å². The van der Waals surface area contributed by atoms with Crippen molar-refractivity contribution in [2.24, 2.45) is 5.10 Å². The summed E-state index contributed by atoms with van der Waals surface area (Å²) in [6, 6.07) is 14.9. The number of amides is 1. The number of rotatable bonds is 5. The van der Waals surface area contributed by atoms with Gasteiger partial charge in [-0.25, -0.2) is 10.1 Å². The molecule has 0 bridgehead atoms. The average Bonchev–Trinajstić information content (AvgIpc) is 2.69. The Morgan fingerprint density at radius 2 is 1.81 bits per heavy atom. The van der Waals surface area contributed by atoms with Gasteiger partial charge >= 0.3 is 0 Å². The van der Waals surface area contributed by atoms with E-state index >= 15 is 0 Å². The third-order valence-corrected chi connectivity index (χ3v) is 4.37. The predicted molar refractivity (Wildman–Crippen MR) is 107 cm³/mol. The number of benzene rings is 2. The number of aromatic nitrogens is 2. The largest absolute Gasteiger partial charge is 0.292 e. The zero-order chi connectivity index (χ0) is 19.4. The number of nitrogens with zero attached hydrogens (tertiary/aromatic N) is 3. The molecule has 3 aromatic rings. The highest BCUT2D eigenvalue weighted by Crippen LogP contribution is 2.14. The summed E-state index contributed by atoms with van der Waals surface area (Å²) in [7, 11) is 0. The van der Waals surface area contributed by atoms with Crippen LogP contribution in [-0.2, 0) is 6.54 Å². The van der Waals surface area contributed by atoms with Gasteiger partial charge in [-0.2, -0.15) is 10.2 Å². The number of aryl methyl sites for hydroxylation is 1. The summed E-state index contributed by atoms with van der Waals surface area (Å²) in [4.78, 5) is 24.9. The Balaban J connectivity index is 1.84. The van der Waals surface area contributed by atoms with Gasteiger partial charge in [-0.3, -0.25) is 9.59 Å². The maximum atomic E-state index is 12.6. The second-order valence-corrected chi connectivity index (χ2v) is 6.54. The molecule has 1 N–H and O–H groups in total. The molecule has 1 heterocycles. The van der Waals surface area contributed by atoms with E-state index in [9.17, 15) is 9.59 Å². The molecule has 0 spiro atoms. The Kier molecular flexibility index (Phi) is 5.45. The summed E-state index contributed by atoms with van der Waals surface area (Å²) >= 11 is 0. The fraction of sp³-hybridized carbons (Fsp3) is 0.238. The highest BCUT2D eigenvalue weighted by Gasteiger charge is 2.15. The molecule has 0 radical (unpaired) electrons. The van der Waals surface area contributed by atoms with Crippen molar-refractivity contribution in [1.29, 1.82) is 0 Å². The lowest BCUT2D eigenvalue weighted by Gasteiger charge is -2.08. The van der Waals surface area contributed by atoms with Crippen molar-refractivity contribution in [1.82, 2.24) is 15.2 Å². The van der Waals surface area contributed by atoms with E-state index in [-0.39, 0.29) is 11.3 Å². The quantitative estimate of drug-likeness (QED) is 0.559. The first-order valence-electron chi connectivity index (χ1n) is 8.94. The third kappa shape index (κ3) is 3.95. The van der Waals surface area contributed by atoms with Gasteiger partial charge in [0.25, 0.3) is 11.5 Å². The van der Waals surface area contributed by atoms with Crippen molar-refractivity contribution in [3.63, 3.8) is 0 Å². The second kappa shape index (κ2) is 7.95. The normalized spacial score (nSPS) is 11.4. The monoisotopic (exact) mass is 362 g/mol. The average molecular weight is 362 g/mol. The molecule has 0 aliphatic rings. The number of hydrogen-bond acceptors (Lipinski definition) is 4. The number of carbonyl (C=O) groups excluding carboxylic acids is 1. The van der Waals surface area contributed by atoms with E-state index in [0.717, 1.165) is 5.56 Å². The first kappa shape index (κ1) is 18.5. The van der Waals surface area contributed by atoms with Crippen molar-refractivity contribution in [3.8, 4) is 0 Å². The van der Waals surface area contributed by atoms with Crippen molar-refractivity contribution < 1.29 is 4.79 Å².